The van der Waals surface area contributed by atoms with E-state index in [1.54, 1.807) is 0 Å². The Bertz CT molecular complexity index is 1260. The minimum absolute atomic E-state index is 0.270. The Morgan fingerprint density at radius 3 is 2.36 bits per heavy atom. The fourth-order valence-electron chi connectivity index (χ4n) is 4.64. The zero-order valence-electron chi connectivity index (χ0n) is 18.9. The van der Waals surface area contributed by atoms with Crippen LogP contribution in [0.5, 0.6) is 5.75 Å². The summed E-state index contributed by atoms with van der Waals surface area (Å²) in [4.78, 5) is 30.9. The van der Waals surface area contributed by atoms with Crippen molar-refractivity contribution in [2.24, 2.45) is 0 Å². The number of hydrogen-bond donors (Lipinski definition) is 0. The zero-order chi connectivity index (χ0) is 22.9. The number of imide groups is 1. The van der Waals surface area contributed by atoms with Crippen molar-refractivity contribution in [1.29, 1.82) is 0 Å². The summed E-state index contributed by atoms with van der Waals surface area (Å²) >= 11 is 0. The van der Waals surface area contributed by atoms with Crippen LogP contribution in [0.4, 0.5) is 5.69 Å². The molecule has 0 bridgehead atoms. The molecule has 0 aromatic heterocycles. The summed E-state index contributed by atoms with van der Waals surface area (Å²) in [5, 5.41) is 0. The second kappa shape index (κ2) is 8.58. The lowest BCUT2D eigenvalue weighted by molar-refractivity contribution is -0.120. The third-order valence-electron chi connectivity index (χ3n) is 6.22. The van der Waals surface area contributed by atoms with Crippen LogP contribution in [0.15, 0.2) is 78.5 Å². The number of rotatable bonds is 5. The molecule has 166 valence electrons. The van der Waals surface area contributed by atoms with Crippen molar-refractivity contribution in [1.82, 2.24) is 4.90 Å². The number of carbonyl (C=O) groups excluding carboxylic acids is 2. The fourth-order valence-corrected chi connectivity index (χ4v) is 4.64. The highest BCUT2D eigenvalue weighted by molar-refractivity contribution is 6.45. The molecule has 5 nitrogen and oxygen atoms in total. The molecule has 2 aliphatic rings. The molecule has 0 radical (unpaired) electrons. The van der Waals surface area contributed by atoms with Gasteiger partial charge in [0.1, 0.15) is 11.4 Å². The van der Waals surface area contributed by atoms with Crippen molar-refractivity contribution in [2.75, 3.05) is 18.1 Å². The summed E-state index contributed by atoms with van der Waals surface area (Å²) in [7, 11) is 0. The Labute approximate surface area is 193 Å². The average Bonchev–Trinajstić information content (AvgIpc) is 3.09. The maximum Gasteiger partial charge on any atom is 0.282 e. The monoisotopic (exact) mass is 438 g/mol. The number of carbonyl (C=O) groups is 2. The first-order chi connectivity index (χ1) is 16.1. The van der Waals surface area contributed by atoms with Crippen molar-refractivity contribution in [3.05, 3.63) is 101 Å². The van der Waals surface area contributed by atoms with Gasteiger partial charge in [0.2, 0.25) is 0 Å². The van der Waals surface area contributed by atoms with Crippen molar-refractivity contribution in [3.63, 3.8) is 0 Å². The van der Waals surface area contributed by atoms with E-state index in [0.29, 0.717) is 36.7 Å². The van der Waals surface area contributed by atoms with Crippen LogP contribution in [0.1, 0.15) is 29.2 Å². The van der Waals surface area contributed by atoms with Gasteiger partial charge in [-0.2, -0.15) is 0 Å². The predicted molar refractivity (Wildman–Crippen MR) is 129 cm³/mol. The molecule has 0 spiro atoms. The van der Waals surface area contributed by atoms with Gasteiger partial charge < -0.3 is 9.64 Å². The lowest BCUT2D eigenvalue weighted by atomic mass is 9.98. The minimum Gasteiger partial charge on any atom is -0.494 e. The summed E-state index contributed by atoms with van der Waals surface area (Å²) in [5.74, 6) is 0.181. The lowest BCUT2D eigenvalue weighted by Gasteiger charge is -2.31. The van der Waals surface area contributed by atoms with Gasteiger partial charge in [0, 0.05) is 13.1 Å². The zero-order valence-corrected chi connectivity index (χ0v) is 18.9. The number of ether oxygens (including phenoxy) is 1. The number of anilines is 1. The predicted octanol–water partition coefficient (Wildman–Crippen LogP) is 4.74. The molecule has 5 rings (SSSR count). The number of aryl methyl sites for hydroxylation is 1. The number of benzene rings is 3. The molecule has 0 atom stereocenters. The highest BCUT2D eigenvalue weighted by Crippen LogP contribution is 2.37. The number of nitrogens with zero attached hydrogens (tertiary/aromatic N) is 2. The Balaban J connectivity index is 1.60. The molecule has 0 fully saturated rings. The molecule has 3 aromatic rings. The maximum atomic E-state index is 13.8. The van der Waals surface area contributed by atoms with Gasteiger partial charge >= 0.3 is 0 Å². The van der Waals surface area contributed by atoms with Crippen molar-refractivity contribution in [2.45, 2.75) is 26.8 Å². The van der Waals surface area contributed by atoms with Gasteiger partial charge in [0.25, 0.3) is 11.8 Å². The number of amides is 2. The molecule has 3 aromatic carbocycles. The topological polar surface area (TPSA) is 49.9 Å². The Morgan fingerprint density at radius 1 is 0.879 bits per heavy atom. The molecule has 0 saturated carbocycles. The quantitative estimate of drug-likeness (QED) is 0.540. The summed E-state index contributed by atoms with van der Waals surface area (Å²) in [6, 6.07) is 23.2. The molecule has 5 heteroatoms. The summed E-state index contributed by atoms with van der Waals surface area (Å²) in [6.45, 7) is 5.75. The molecule has 0 saturated heterocycles. The van der Waals surface area contributed by atoms with Crippen LogP contribution in [0.3, 0.4) is 0 Å². The average molecular weight is 439 g/mol. The summed E-state index contributed by atoms with van der Waals surface area (Å²) in [6.07, 6.45) is 0.835. The van der Waals surface area contributed by atoms with E-state index < -0.39 is 0 Å². The highest BCUT2D eigenvalue weighted by Gasteiger charge is 2.43. The van der Waals surface area contributed by atoms with E-state index >= 15 is 0 Å². The maximum absolute atomic E-state index is 13.8. The van der Waals surface area contributed by atoms with Crippen molar-refractivity contribution >= 4 is 23.1 Å². The van der Waals surface area contributed by atoms with E-state index in [4.69, 9.17) is 4.74 Å². The smallest absolute Gasteiger partial charge is 0.282 e. The molecular weight excluding hydrogens is 412 g/mol. The van der Waals surface area contributed by atoms with E-state index in [2.05, 4.69) is 17.0 Å². The van der Waals surface area contributed by atoms with Gasteiger partial charge in [0.15, 0.2) is 0 Å². The standard InChI is InChI=1S/C28H26N2O3/c1-3-33-24-13-11-21(12-14-24)25-26(29-16-15-20-8-4-5-9-22(20)18-29)28(32)30(27(25)31)23-10-6-7-19(2)17-23/h4-14,17H,3,15-16,18H2,1-2H3. The molecule has 2 amide bonds. The molecule has 33 heavy (non-hydrogen) atoms. The SMILES string of the molecule is CCOc1ccc(C2=C(N3CCc4ccccc4C3)C(=O)N(c3cccc(C)c3)C2=O)cc1. The van der Waals surface area contributed by atoms with Crippen LogP contribution >= 0.6 is 0 Å². The van der Waals surface area contributed by atoms with Crippen LogP contribution in [0.25, 0.3) is 5.57 Å². The van der Waals surface area contributed by atoms with Crippen LogP contribution in [0, 0.1) is 6.92 Å². The number of hydrogen-bond acceptors (Lipinski definition) is 4. The van der Waals surface area contributed by atoms with E-state index in [9.17, 15) is 9.59 Å². The molecule has 0 N–H and O–H groups in total. The first-order valence-corrected chi connectivity index (χ1v) is 11.3. The summed E-state index contributed by atoms with van der Waals surface area (Å²) < 4.78 is 5.57. The van der Waals surface area contributed by atoms with Gasteiger partial charge in [0.05, 0.1) is 17.9 Å². The van der Waals surface area contributed by atoms with Crippen LogP contribution in [0.2, 0.25) is 0 Å². The Morgan fingerprint density at radius 2 is 1.64 bits per heavy atom. The van der Waals surface area contributed by atoms with Crippen molar-refractivity contribution in [3.8, 4) is 5.75 Å². The minimum atomic E-state index is -0.288. The molecule has 0 unspecified atom stereocenters. The van der Waals surface area contributed by atoms with E-state index in [1.807, 2.05) is 74.5 Å². The van der Waals surface area contributed by atoms with E-state index in [1.165, 1.54) is 16.0 Å². The Hall–Kier alpha value is -3.86. The van der Waals surface area contributed by atoms with Gasteiger partial charge in [-0.3, -0.25) is 9.59 Å². The van der Waals surface area contributed by atoms with E-state index in [0.717, 1.165) is 23.3 Å². The fraction of sp³-hybridized carbons (Fsp3) is 0.214. The van der Waals surface area contributed by atoms with Crippen LogP contribution in [-0.4, -0.2) is 29.9 Å². The van der Waals surface area contributed by atoms with Gasteiger partial charge in [-0.15, -0.1) is 0 Å². The van der Waals surface area contributed by atoms with Gasteiger partial charge in [-0.05, 0) is 66.8 Å². The molecule has 2 aliphatic heterocycles. The van der Waals surface area contributed by atoms with Crippen LogP contribution in [-0.2, 0) is 22.6 Å². The first-order valence-electron chi connectivity index (χ1n) is 11.3. The highest BCUT2D eigenvalue weighted by atomic mass is 16.5. The molecular formula is C28H26N2O3. The third-order valence-corrected chi connectivity index (χ3v) is 6.22. The first kappa shape index (κ1) is 21.0. The normalized spacial score (nSPS) is 15.8. The van der Waals surface area contributed by atoms with Crippen molar-refractivity contribution < 1.29 is 14.3 Å². The van der Waals surface area contributed by atoms with Gasteiger partial charge in [-0.25, -0.2) is 4.90 Å². The van der Waals surface area contributed by atoms with E-state index in [-0.39, 0.29) is 11.8 Å². The summed E-state index contributed by atoms with van der Waals surface area (Å²) in [5.41, 5.74) is 5.72. The van der Waals surface area contributed by atoms with Gasteiger partial charge in [-0.1, -0.05) is 48.5 Å². The second-order valence-electron chi connectivity index (χ2n) is 8.41. The second-order valence-corrected chi connectivity index (χ2v) is 8.41. The third kappa shape index (κ3) is 3.80. The number of fused-ring (bicyclic) bond motifs is 1. The molecule has 0 aliphatic carbocycles. The molecule has 2 heterocycles. The lowest BCUT2D eigenvalue weighted by Crippen LogP contribution is -2.37. The Kier molecular flexibility index (Phi) is 5.47. The largest absolute Gasteiger partial charge is 0.494 e. The van der Waals surface area contributed by atoms with Crippen LogP contribution < -0.4 is 9.64 Å².